The number of amides is 1. The maximum atomic E-state index is 12.4. The molecule has 1 amide bonds. The molecular weight excluding hydrogens is 334 g/mol. The first-order chi connectivity index (χ1) is 10.1. The zero-order valence-corrected chi connectivity index (χ0v) is 14.1. The molecule has 0 fully saturated rings. The quantitative estimate of drug-likeness (QED) is 0.592. The Labute approximate surface area is 133 Å². The first-order valence-corrected chi connectivity index (χ1v) is 8.43. The van der Waals surface area contributed by atoms with Gasteiger partial charge in [0.25, 0.3) is 5.91 Å². The highest BCUT2D eigenvalue weighted by Gasteiger charge is 2.28. The van der Waals surface area contributed by atoms with Crippen LogP contribution in [0.1, 0.15) is 27.6 Å². The smallest absolute Gasteiger partial charge is 0.339 e. The lowest BCUT2D eigenvalue weighted by molar-refractivity contribution is -0.100. The summed E-state index contributed by atoms with van der Waals surface area (Å²) in [5, 5.41) is 0.558. The number of hydrogen-bond acceptors (Lipinski definition) is 6. The average Bonchev–Trinajstić information content (AvgIpc) is 2.44. The number of carbonyl (C=O) groups is 2. The average molecular weight is 350 g/mol. The van der Waals surface area contributed by atoms with Crippen LogP contribution in [0.2, 0.25) is 5.02 Å². The van der Waals surface area contributed by atoms with Crippen LogP contribution in [0.3, 0.4) is 0 Å². The third kappa shape index (κ3) is 3.76. The van der Waals surface area contributed by atoms with Crippen molar-refractivity contribution < 1.29 is 27.6 Å². The number of rotatable bonds is 5. The van der Waals surface area contributed by atoms with Gasteiger partial charge in [0.2, 0.25) is 0 Å². The van der Waals surface area contributed by atoms with Gasteiger partial charge in [-0.25, -0.2) is 18.3 Å². The normalized spacial score (nSPS) is 11.1. The van der Waals surface area contributed by atoms with E-state index in [0.29, 0.717) is 0 Å². The second kappa shape index (κ2) is 7.08. The Bertz CT molecular complexity index is 701. The molecular formula is C13H16ClNO6S. The van der Waals surface area contributed by atoms with E-state index in [-0.39, 0.29) is 27.7 Å². The Morgan fingerprint density at radius 2 is 1.91 bits per heavy atom. The van der Waals surface area contributed by atoms with E-state index in [0.717, 1.165) is 24.5 Å². The molecule has 1 rings (SSSR count). The summed E-state index contributed by atoms with van der Waals surface area (Å²) in [6.07, 6.45) is 0.938. The second-order valence-corrected chi connectivity index (χ2v) is 6.65. The topological polar surface area (TPSA) is 90.0 Å². The third-order valence-corrected chi connectivity index (χ3v) is 4.26. The minimum atomic E-state index is -3.74. The number of nitrogens with zero attached hydrogens (tertiary/aromatic N) is 1. The fourth-order valence-corrected chi connectivity index (χ4v) is 3.00. The largest absolute Gasteiger partial charge is 0.465 e. The molecule has 7 nitrogen and oxygen atoms in total. The predicted molar refractivity (Wildman–Crippen MR) is 79.6 cm³/mol. The molecule has 1 aromatic carbocycles. The SMILES string of the molecule is CCON(C)C(=O)c1c(S(C)(=O)=O)ccc(C(=O)OC)c1Cl. The number of benzene rings is 1. The van der Waals surface area contributed by atoms with Gasteiger partial charge in [-0.15, -0.1) is 0 Å². The van der Waals surface area contributed by atoms with Crippen LogP contribution in [0.25, 0.3) is 0 Å². The number of methoxy groups -OCH3 is 1. The molecule has 0 saturated carbocycles. The standard InChI is InChI=1S/C13H16ClNO6S/c1-5-21-15(2)12(16)10-9(22(4,18)19)7-6-8(11(10)14)13(17)20-3/h6-7H,5H2,1-4H3. The van der Waals surface area contributed by atoms with Crippen molar-refractivity contribution in [2.75, 3.05) is 27.0 Å². The maximum absolute atomic E-state index is 12.4. The number of hydrogen-bond donors (Lipinski definition) is 0. The lowest BCUT2D eigenvalue weighted by Gasteiger charge is -2.19. The van der Waals surface area contributed by atoms with Gasteiger partial charge in [-0.2, -0.15) is 0 Å². The van der Waals surface area contributed by atoms with E-state index in [1.807, 2.05) is 0 Å². The molecule has 0 bridgehead atoms. The summed E-state index contributed by atoms with van der Waals surface area (Å²) in [6.45, 7) is 1.86. The van der Waals surface area contributed by atoms with Crippen LogP contribution in [0, 0.1) is 0 Å². The number of carbonyl (C=O) groups excluding carboxylic acids is 2. The van der Waals surface area contributed by atoms with Gasteiger partial charge in [0, 0.05) is 13.3 Å². The molecule has 0 saturated heterocycles. The van der Waals surface area contributed by atoms with Crippen molar-refractivity contribution in [2.24, 2.45) is 0 Å². The zero-order valence-electron chi connectivity index (χ0n) is 12.5. The highest BCUT2D eigenvalue weighted by Crippen LogP contribution is 2.29. The Balaban J connectivity index is 3.62. The molecule has 0 aliphatic rings. The van der Waals surface area contributed by atoms with Gasteiger partial charge in [-0.05, 0) is 19.1 Å². The van der Waals surface area contributed by atoms with Gasteiger partial charge < -0.3 is 4.74 Å². The van der Waals surface area contributed by atoms with Crippen LogP contribution in [-0.2, 0) is 19.4 Å². The van der Waals surface area contributed by atoms with Crippen LogP contribution in [-0.4, -0.2) is 52.4 Å². The van der Waals surface area contributed by atoms with Crippen LogP contribution >= 0.6 is 11.6 Å². The van der Waals surface area contributed by atoms with Gasteiger partial charge in [0.1, 0.15) is 0 Å². The van der Waals surface area contributed by atoms with Crippen molar-refractivity contribution in [1.82, 2.24) is 5.06 Å². The summed E-state index contributed by atoms with van der Waals surface area (Å²) in [4.78, 5) is 28.8. The summed E-state index contributed by atoms with van der Waals surface area (Å²) in [5.41, 5.74) is -0.437. The first-order valence-electron chi connectivity index (χ1n) is 6.17. The number of hydroxylamine groups is 2. The molecule has 0 aromatic heterocycles. The zero-order chi connectivity index (χ0) is 17.1. The minimum Gasteiger partial charge on any atom is -0.465 e. The number of halogens is 1. The molecule has 0 N–H and O–H groups in total. The fraction of sp³-hybridized carbons (Fsp3) is 0.385. The first kappa shape index (κ1) is 18.4. The maximum Gasteiger partial charge on any atom is 0.339 e. The highest BCUT2D eigenvalue weighted by molar-refractivity contribution is 7.90. The van der Waals surface area contributed by atoms with E-state index < -0.39 is 21.7 Å². The van der Waals surface area contributed by atoms with Crippen LogP contribution in [0.5, 0.6) is 0 Å². The Morgan fingerprint density at radius 1 is 1.32 bits per heavy atom. The van der Waals surface area contributed by atoms with Gasteiger partial charge in [-0.1, -0.05) is 11.6 Å². The third-order valence-electron chi connectivity index (χ3n) is 2.73. The Kier molecular flexibility index (Phi) is 5.92. The number of esters is 1. The van der Waals surface area contributed by atoms with Crippen molar-refractivity contribution in [1.29, 1.82) is 0 Å². The van der Waals surface area contributed by atoms with E-state index >= 15 is 0 Å². The summed E-state index contributed by atoms with van der Waals surface area (Å²) >= 11 is 6.06. The summed E-state index contributed by atoms with van der Waals surface area (Å²) < 4.78 is 28.3. The Hall–Kier alpha value is -1.64. The molecule has 0 atom stereocenters. The van der Waals surface area contributed by atoms with E-state index in [4.69, 9.17) is 16.4 Å². The van der Waals surface area contributed by atoms with E-state index in [9.17, 15) is 18.0 Å². The van der Waals surface area contributed by atoms with E-state index in [1.54, 1.807) is 6.92 Å². The van der Waals surface area contributed by atoms with Crippen molar-refractivity contribution in [3.8, 4) is 0 Å². The van der Waals surface area contributed by atoms with Gasteiger partial charge >= 0.3 is 5.97 Å². The van der Waals surface area contributed by atoms with Crippen molar-refractivity contribution in [3.63, 3.8) is 0 Å². The summed E-state index contributed by atoms with van der Waals surface area (Å²) in [6, 6.07) is 2.34. The monoisotopic (exact) mass is 349 g/mol. The summed E-state index contributed by atoms with van der Waals surface area (Å²) in [5.74, 6) is -1.56. The van der Waals surface area contributed by atoms with E-state index in [2.05, 4.69) is 4.74 Å². The molecule has 0 heterocycles. The molecule has 0 aliphatic carbocycles. The molecule has 22 heavy (non-hydrogen) atoms. The molecule has 122 valence electrons. The molecule has 0 aliphatic heterocycles. The van der Waals surface area contributed by atoms with Gasteiger partial charge in [0.15, 0.2) is 9.84 Å². The lowest BCUT2D eigenvalue weighted by atomic mass is 10.1. The minimum absolute atomic E-state index is 0.107. The number of ether oxygens (including phenoxy) is 1. The highest BCUT2D eigenvalue weighted by atomic mass is 35.5. The van der Waals surface area contributed by atoms with Crippen molar-refractivity contribution in [3.05, 3.63) is 28.3 Å². The van der Waals surface area contributed by atoms with Crippen molar-refractivity contribution >= 4 is 33.3 Å². The molecule has 1 aromatic rings. The Morgan fingerprint density at radius 3 is 2.36 bits per heavy atom. The molecule has 0 spiro atoms. The van der Waals surface area contributed by atoms with E-state index in [1.165, 1.54) is 13.1 Å². The van der Waals surface area contributed by atoms with Crippen LogP contribution in [0.4, 0.5) is 0 Å². The predicted octanol–water partition coefficient (Wildman–Crippen LogP) is 1.55. The second-order valence-electron chi connectivity index (χ2n) is 4.28. The lowest BCUT2D eigenvalue weighted by Crippen LogP contribution is -2.29. The fourth-order valence-electron chi connectivity index (χ4n) is 1.74. The summed E-state index contributed by atoms with van der Waals surface area (Å²) in [7, 11) is -1.27. The van der Waals surface area contributed by atoms with Gasteiger partial charge in [0.05, 0.1) is 34.8 Å². The van der Waals surface area contributed by atoms with Crippen LogP contribution < -0.4 is 0 Å². The van der Waals surface area contributed by atoms with Crippen LogP contribution in [0.15, 0.2) is 17.0 Å². The molecule has 9 heteroatoms. The number of sulfone groups is 1. The van der Waals surface area contributed by atoms with Crippen molar-refractivity contribution in [2.45, 2.75) is 11.8 Å². The van der Waals surface area contributed by atoms with Gasteiger partial charge in [-0.3, -0.25) is 9.63 Å². The molecule has 0 radical (unpaired) electrons. The molecule has 0 unspecified atom stereocenters.